The van der Waals surface area contributed by atoms with Gasteiger partial charge in [0.05, 0.1) is 6.54 Å². The highest BCUT2D eigenvalue weighted by atomic mass is 16.5. The summed E-state index contributed by atoms with van der Waals surface area (Å²) in [5.74, 6) is 1.53. The van der Waals surface area contributed by atoms with Crippen LogP contribution >= 0.6 is 0 Å². The average Bonchev–Trinajstić information content (AvgIpc) is 3.24. The van der Waals surface area contributed by atoms with Crippen LogP contribution in [0.1, 0.15) is 32.1 Å². The van der Waals surface area contributed by atoms with Gasteiger partial charge in [-0.2, -0.15) is 0 Å². The Morgan fingerprint density at radius 3 is 3.05 bits per heavy atom. The minimum atomic E-state index is 0.0619. The molecule has 2 fully saturated rings. The molecule has 3 rings (SSSR count). The van der Waals surface area contributed by atoms with Crippen molar-refractivity contribution in [3.05, 3.63) is 18.6 Å². The van der Waals surface area contributed by atoms with Gasteiger partial charge in [0.25, 0.3) is 0 Å². The van der Waals surface area contributed by atoms with Gasteiger partial charge in [0, 0.05) is 25.2 Å². The highest BCUT2D eigenvalue weighted by Gasteiger charge is 2.30. The van der Waals surface area contributed by atoms with E-state index in [2.05, 4.69) is 9.97 Å². The molecule has 102 valence electrons. The largest absolute Gasteiger partial charge is 0.472 e. The summed E-state index contributed by atoms with van der Waals surface area (Å²) >= 11 is 0. The molecule has 5 heteroatoms. The zero-order chi connectivity index (χ0) is 13.1. The smallest absolute Gasteiger partial charge is 0.222 e. The fourth-order valence-electron chi connectivity index (χ4n) is 2.48. The minimum absolute atomic E-state index is 0.0619. The zero-order valence-electron chi connectivity index (χ0n) is 11.0. The van der Waals surface area contributed by atoms with Crippen LogP contribution in [-0.2, 0) is 4.79 Å². The fraction of sp³-hybridized carbons (Fsp3) is 0.643. The number of hydrogen-bond donors (Lipinski definition) is 0. The van der Waals surface area contributed by atoms with Crippen LogP contribution in [0.3, 0.4) is 0 Å². The molecule has 0 unspecified atom stereocenters. The van der Waals surface area contributed by atoms with Gasteiger partial charge >= 0.3 is 0 Å². The highest BCUT2D eigenvalue weighted by molar-refractivity contribution is 5.76. The van der Waals surface area contributed by atoms with Gasteiger partial charge in [-0.15, -0.1) is 0 Å². The molecule has 1 saturated carbocycles. The van der Waals surface area contributed by atoms with Crippen molar-refractivity contribution in [3.8, 4) is 5.88 Å². The van der Waals surface area contributed by atoms with E-state index in [0.717, 1.165) is 25.8 Å². The Hall–Kier alpha value is -1.65. The number of likely N-dealkylation sites (tertiary alicyclic amines) is 1. The number of piperidine rings is 1. The van der Waals surface area contributed by atoms with Gasteiger partial charge in [-0.1, -0.05) is 0 Å². The predicted molar refractivity (Wildman–Crippen MR) is 69.6 cm³/mol. The lowest BCUT2D eigenvalue weighted by Gasteiger charge is -2.32. The Morgan fingerprint density at radius 1 is 1.42 bits per heavy atom. The van der Waals surface area contributed by atoms with Crippen LogP contribution in [0.2, 0.25) is 0 Å². The molecule has 19 heavy (non-hydrogen) atoms. The number of carbonyl (C=O) groups excluding carboxylic acids is 1. The average molecular weight is 261 g/mol. The molecule has 1 saturated heterocycles. The number of carbonyl (C=O) groups is 1. The third-order valence-electron chi connectivity index (χ3n) is 3.73. The lowest BCUT2D eigenvalue weighted by Crippen LogP contribution is -2.44. The Bertz CT molecular complexity index is 434. The van der Waals surface area contributed by atoms with E-state index in [1.807, 2.05) is 4.90 Å². The molecule has 0 N–H and O–H groups in total. The number of nitrogens with zero attached hydrogens (tertiary/aromatic N) is 3. The topological polar surface area (TPSA) is 55.3 Å². The molecule has 1 amide bonds. The fourth-order valence-corrected chi connectivity index (χ4v) is 2.48. The van der Waals surface area contributed by atoms with Crippen LogP contribution in [0.15, 0.2) is 18.6 Å². The molecule has 2 heterocycles. The van der Waals surface area contributed by atoms with Crippen molar-refractivity contribution in [1.82, 2.24) is 14.9 Å². The standard InChI is InChI=1S/C14H19N3O2/c18-14(8-11-3-4-11)17-7-1-2-12(9-17)19-13-5-6-15-10-16-13/h5-6,10-12H,1-4,7-9H2/t12-/m0/s1. The molecule has 0 aromatic carbocycles. The SMILES string of the molecule is O=C(CC1CC1)N1CCC[C@H](Oc2ccncn2)C1. The van der Waals surface area contributed by atoms with Gasteiger partial charge < -0.3 is 9.64 Å². The Morgan fingerprint density at radius 2 is 2.32 bits per heavy atom. The first-order valence-corrected chi connectivity index (χ1v) is 7.02. The molecule has 0 radical (unpaired) electrons. The second-order valence-electron chi connectivity index (χ2n) is 5.42. The molecular weight excluding hydrogens is 242 g/mol. The first-order chi connectivity index (χ1) is 9.31. The minimum Gasteiger partial charge on any atom is -0.472 e. The van der Waals surface area contributed by atoms with Crippen molar-refractivity contribution in [1.29, 1.82) is 0 Å². The third-order valence-corrected chi connectivity index (χ3v) is 3.73. The van der Waals surface area contributed by atoms with Crippen LogP contribution in [-0.4, -0.2) is 40.0 Å². The summed E-state index contributed by atoms with van der Waals surface area (Å²) in [6.45, 7) is 1.56. The molecule has 1 aliphatic carbocycles. The monoisotopic (exact) mass is 261 g/mol. The van der Waals surface area contributed by atoms with Crippen molar-refractivity contribution in [3.63, 3.8) is 0 Å². The lowest BCUT2D eigenvalue weighted by atomic mass is 10.1. The van der Waals surface area contributed by atoms with E-state index < -0.39 is 0 Å². The molecule has 5 nitrogen and oxygen atoms in total. The normalized spacial score (nSPS) is 23.2. The molecular formula is C14H19N3O2. The summed E-state index contributed by atoms with van der Waals surface area (Å²) in [5.41, 5.74) is 0. The molecule has 0 spiro atoms. The van der Waals surface area contributed by atoms with E-state index in [4.69, 9.17) is 4.74 Å². The van der Waals surface area contributed by atoms with E-state index in [-0.39, 0.29) is 6.10 Å². The lowest BCUT2D eigenvalue weighted by molar-refractivity contribution is -0.134. The maximum absolute atomic E-state index is 12.1. The van der Waals surface area contributed by atoms with Gasteiger partial charge in [0.1, 0.15) is 12.4 Å². The zero-order valence-corrected chi connectivity index (χ0v) is 11.0. The second-order valence-corrected chi connectivity index (χ2v) is 5.42. The van der Waals surface area contributed by atoms with E-state index in [1.54, 1.807) is 12.3 Å². The number of rotatable bonds is 4. The number of hydrogen-bond acceptors (Lipinski definition) is 4. The summed E-state index contributed by atoms with van der Waals surface area (Å²) in [6, 6.07) is 1.75. The summed E-state index contributed by atoms with van der Waals surface area (Å²) in [4.78, 5) is 22.0. The number of amides is 1. The quantitative estimate of drug-likeness (QED) is 0.827. The van der Waals surface area contributed by atoms with Crippen molar-refractivity contribution >= 4 is 5.91 Å². The van der Waals surface area contributed by atoms with Gasteiger partial charge in [-0.25, -0.2) is 9.97 Å². The van der Waals surface area contributed by atoms with E-state index in [9.17, 15) is 4.79 Å². The van der Waals surface area contributed by atoms with Crippen molar-refractivity contribution in [2.45, 2.75) is 38.2 Å². The highest BCUT2D eigenvalue weighted by Crippen LogP contribution is 2.33. The molecule has 1 aromatic rings. The van der Waals surface area contributed by atoms with E-state index >= 15 is 0 Å². The number of ether oxygens (including phenoxy) is 1. The maximum Gasteiger partial charge on any atom is 0.222 e. The molecule has 1 atom stereocenters. The predicted octanol–water partition coefficient (Wildman–Crippen LogP) is 1.65. The van der Waals surface area contributed by atoms with Gasteiger partial charge in [-0.05, 0) is 31.6 Å². The van der Waals surface area contributed by atoms with Crippen LogP contribution in [0.4, 0.5) is 0 Å². The van der Waals surface area contributed by atoms with Crippen molar-refractivity contribution in [2.75, 3.05) is 13.1 Å². The summed E-state index contributed by atoms with van der Waals surface area (Å²) in [7, 11) is 0. The van der Waals surface area contributed by atoms with Crippen molar-refractivity contribution < 1.29 is 9.53 Å². The van der Waals surface area contributed by atoms with Gasteiger partial charge in [-0.3, -0.25) is 4.79 Å². The Kier molecular flexibility index (Phi) is 3.62. The summed E-state index contributed by atoms with van der Waals surface area (Å²) in [5, 5.41) is 0. The van der Waals surface area contributed by atoms with Crippen LogP contribution in [0, 0.1) is 5.92 Å². The van der Waals surface area contributed by atoms with Crippen LogP contribution in [0.5, 0.6) is 5.88 Å². The van der Waals surface area contributed by atoms with Crippen LogP contribution in [0.25, 0.3) is 0 Å². The Balaban J connectivity index is 1.53. The van der Waals surface area contributed by atoms with Gasteiger partial charge in [0.2, 0.25) is 11.8 Å². The van der Waals surface area contributed by atoms with E-state index in [1.165, 1.54) is 19.2 Å². The summed E-state index contributed by atoms with van der Waals surface area (Å²) < 4.78 is 5.81. The first-order valence-electron chi connectivity index (χ1n) is 7.02. The molecule has 0 bridgehead atoms. The van der Waals surface area contributed by atoms with Gasteiger partial charge in [0.15, 0.2) is 0 Å². The first kappa shape index (κ1) is 12.4. The second kappa shape index (κ2) is 5.55. The van der Waals surface area contributed by atoms with E-state index in [0.29, 0.717) is 24.2 Å². The molecule has 1 aliphatic heterocycles. The van der Waals surface area contributed by atoms with Crippen molar-refractivity contribution in [2.24, 2.45) is 5.92 Å². The Labute approximate surface area is 113 Å². The summed E-state index contributed by atoms with van der Waals surface area (Å²) in [6.07, 6.45) is 8.37. The third kappa shape index (κ3) is 3.43. The molecule has 2 aliphatic rings. The molecule has 1 aromatic heterocycles. The number of aromatic nitrogens is 2. The maximum atomic E-state index is 12.1. The van der Waals surface area contributed by atoms with Crippen LogP contribution < -0.4 is 4.74 Å².